The molecular formula is C15H23N3OS. The zero-order valence-corrected chi connectivity index (χ0v) is 12.9. The summed E-state index contributed by atoms with van der Waals surface area (Å²) < 4.78 is 0. The second kappa shape index (κ2) is 8.04. The van der Waals surface area contributed by atoms with Crippen molar-refractivity contribution < 1.29 is 4.79 Å². The zero-order chi connectivity index (χ0) is 14.2. The first-order valence-corrected chi connectivity index (χ1v) is 8.52. The predicted octanol–water partition coefficient (Wildman–Crippen LogP) is 2.27. The van der Waals surface area contributed by atoms with Crippen molar-refractivity contribution in [3.05, 3.63) is 30.3 Å². The van der Waals surface area contributed by atoms with Gasteiger partial charge in [-0.2, -0.15) is 11.8 Å². The first-order valence-electron chi connectivity index (χ1n) is 7.13. The van der Waals surface area contributed by atoms with Crippen molar-refractivity contribution in [2.45, 2.75) is 6.42 Å². The van der Waals surface area contributed by atoms with Gasteiger partial charge in [0.15, 0.2) is 0 Å². The maximum atomic E-state index is 12.0. The van der Waals surface area contributed by atoms with E-state index in [1.165, 1.54) is 5.69 Å². The summed E-state index contributed by atoms with van der Waals surface area (Å²) in [7, 11) is 0. The number of thioether (sulfide) groups is 1. The summed E-state index contributed by atoms with van der Waals surface area (Å²) in [6, 6.07) is 10.5. The Morgan fingerprint density at radius 2 is 1.90 bits per heavy atom. The van der Waals surface area contributed by atoms with Crippen molar-refractivity contribution in [2.24, 2.45) is 0 Å². The van der Waals surface area contributed by atoms with Crippen molar-refractivity contribution in [1.82, 2.24) is 10.2 Å². The molecule has 2 amide bonds. The number of hydrogen-bond acceptors (Lipinski definition) is 3. The number of carbonyl (C=O) groups excluding carboxylic acids is 1. The highest BCUT2D eigenvalue weighted by Gasteiger charge is 2.20. The number of nitrogens with zero attached hydrogens (tertiary/aromatic N) is 2. The Kier molecular flexibility index (Phi) is 6.05. The minimum absolute atomic E-state index is 0.0822. The van der Waals surface area contributed by atoms with Crippen LogP contribution in [0.4, 0.5) is 10.5 Å². The molecule has 110 valence electrons. The molecule has 0 atom stereocenters. The van der Waals surface area contributed by atoms with Crippen molar-refractivity contribution in [2.75, 3.05) is 49.6 Å². The van der Waals surface area contributed by atoms with Gasteiger partial charge in [0.25, 0.3) is 0 Å². The van der Waals surface area contributed by atoms with Gasteiger partial charge >= 0.3 is 6.03 Å². The van der Waals surface area contributed by atoms with Gasteiger partial charge < -0.3 is 15.1 Å². The molecule has 20 heavy (non-hydrogen) atoms. The van der Waals surface area contributed by atoms with Crippen LogP contribution >= 0.6 is 11.8 Å². The van der Waals surface area contributed by atoms with E-state index >= 15 is 0 Å². The number of nitrogens with one attached hydrogen (secondary N) is 1. The Balaban J connectivity index is 1.72. The van der Waals surface area contributed by atoms with Gasteiger partial charge in [-0.15, -0.1) is 0 Å². The second-order valence-corrected chi connectivity index (χ2v) is 5.87. The molecule has 5 heteroatoms. The highest BCUT2D eigenvalue weighted by Crippen LogP contribution is 2.15. The molecule has 0 spiro atoms. The maximum absolute atomic E-state index is 12.0. The third-order valence-electron chi connectivity index (χ3n) is 3.49. The van der Waals surface area contributed by atoms with Gasteiger partial charge in [0.05, 0.1) is 0 Å². The molecule has 1 fully saturated rings. The highest BCUT2D eigenvalue weighted by molar-refractivity contribution is 7.98. The number of carbonyl (C=O) groups is 1. The van der Waals surface area contributed by atoms with E-state index in [1.54, 1.807) is 0 Å². The standard InChI is InChI=1S/C15H23N3OS/c1-20-13-5-8-16-15(19)18-11-9-17(10-12-18)14-6-3-2-4-7-14/h2-4,6-7H,5,8-13H2,1H3,(H,16,19). The van der Waals surface area contributed by atoms with E-state index in [-0.39, 0.29) is 6.03 Å². The zero-order valence-electron chi connectivity index (χ0n) is 12.0. The number of piperazine rings is 1. The predicted molar refractivity (Wildman–Crippen MR) is 86.6 cm³/mol. The van der Waals surface area contributed by atoms with Crippen LogP contribution in [0.3, 0.4) is 0 Å². The smallest absolute Gasteiger partial charge is 0.317 e. The fraction of sp³-hybridized carbons (Fsp3) is 0.533. The van der Waals surface area contributed by atoms with Crippen LogP contribution in [-0.4, -0.2) is 55.7 Å². The molecule has 2 rings (SSSR count). The van der Waals surface area contributed by atoms with E-state index in [9.17, 15) is 4.79 Å². The lowest BCUT2D eigenvalue weighted by Gasteiger charge is -2.36. The first-order chi connectivity index (χ1) is 9.81. The van der Waals surface area contributed by atoms with E-state index in [0.717, 1.165) is 44.9 Å². The number of urea groups is 1. The molecule has 0 unspecified atom stereocenters. The van der Waals surface area contributed by atoms with E-state index in [0.29, 0.717) is 0 Å². The van der Waals surface area contributed by atoms with Gasteiger partial charge in [-0.25, -0.2) is 4.79 Å². The monoisotopic (exact) mass is 293 g/mol. The molecular weight excluding hydrogens is 270 g/mol. The van der Waals surface area contributed by atoms with Crippen LogP contribution < -0.4 is 10.2 Å². The van der Waals surface area contributed by atoms with Gasteiger partial charge in [0.1, 0.15) is 0 Å². The summed E-state index contributed by atoms with van der Waals surface area (Å²) >= 11 is 1.82. The average Bonchev–Trinajstić information content (AvgIpc) is 2.52. The molecule has 0 saturated carbocycles. The number of benzene rings is 1. The van der Waals surface area contributed by atoms with Gasteiger partial charge in [0.2, 0.25) is 0 Å². The minimum atomic E-state index is 0.0822. The number of rotatable bonds is 5. The lowest BCUT2D eigenvalue weighted by Crippen LogP contribution is -2.52. The Bertz CT molecular complexity index is 405. The number of amides is 2. The van der Waals surface area contributed by atoms with Crippen LogP contribution in [0, 0.1) is 0 Å². The Hall–Kier alpha value is -1.36. The summed E-state index contributed by atoms with van der Waals surface area (Å²) in [6.07, 6.45) is 3.13. The minimum Gasteiger partial charge on any atom is -0.368 e. The molecule has 1 aromatic rings. The van der Waals surface area contributed by atoms with E-state index in [1.807, 2.05) is 22.7 Å². The van der Waals surface area contributed by atoms with Gasteiger partial charge in [-0.05, 0) is 30.6 Å². The Morgan fingerprint density at radius 3 is 2.55 bits per heavy atom. The molecule has 1 aromatic carbocycles. The molecule has 1 saturated heterocycles. The second-order valence-electron chi connectivity index (χ2n) is 4.89. The summed E-state index contributed by atoms with van der Waals surface area (Å²) in [5.41, 5.74) is 1.24. The summed E-state index contributed by atoms with van der Waals surface area (Å²) in [5, 5.41) is 3.00. The van der Waals surface area contributed by atoms with Gasteiger partial charge in [0, 0.05) is 38.4 Å². The van der Waals surface area contributed by atoms with Crippen LogP contribution in [0.1, 0.15) is 6.42 Å². The summed E-state index contributed by atoms with van der Waals surface area (Å²) in [5.74, 6) is 1.10. The maximum Gasteiger partial charge on any atom is 0.317 e. The lowest BCUT2D eigenvalue weighted by molar-refractivity contribution is 0.194. The van der Waals surface area contributed by atoms with Crippen molar-refractivity contribution in [3.8, 4) is 0 Å². The van der Waals surface area contributed by atoms with E-state index < -0.39 is 0 Å². The van der Waals surface area contributed by atoms with Crippen LogP contribution in [0.15, 0.2) is 30.3 Å². The lowest BCUT2D eigenvalue weighted by atomic mass is 10.2. The van der Waals surface area contributed by atoms with Crippen LogP contribution in [0.25, 0.3) is 0 Å². The SMILES string of the molecule is CSCCCNC(=O)N1CCN(c2ccccc2)CC1. The fourth-order valence-corrected chi connectivity index (χ4v) is 2.76. The van der Waals surface area contributed by atoms with E-state index in [2.05, 4.69) is 40.7 Å². The largest absolute Gasteiger partial charge is 0.368 e. The number of anilines is 1. The first kappa shape index (κ1) is 15.0. The molecule has 4 nitrogen and oxygen atoms in total. The topological polar surface area (TPSA) is 35.6 Å². The molecule has 1 heterocycles. The molecule has 0 aliphatic carbocycles. The molecule has 1 aliphatic heterocycles. The van der Waals surface area contributed by atoms with Crippen LogP contribution in [0.5, 0.6) is 0 Å². The third kappa shape index (κ3) is 4.34. The number of para-hydroxylation sites is 1. The molecule has 1 aliphatic rings. The van der Waals surface area contributed by atoms with Gasteiger partial charge in [-0.1, -0.05) is 18.2 Å². The molecule has 0 radical (unpaired) electrons. The summed E-state index contributed by atoms with van der Waals surface area (Å²) in [6.45, 7) is 4.18. The molecule has 1 N–H and O–H groups in total. The third-order valence-corrected chi connectivity index (χ3v) is 4.19. The number of hydrogen-bond donors (Lipinski definition) is 1. The Labute approximate surface area is 125 Å². The van der Waals surface area contributed by atoms with Gasteiger partial charge in [-0.3, -0.25) is 0 Å². The van der Waals surface area contributed by atoms with Crippen molar-refractivity contribution in [3.63, 3.8) is 0 Å². The average molecular weight is 293 g/mol. The van der Waals surface area contributed by atoms with Crippen molar-refractivity contribution in [1.29, 1.82) is 0 Å². The van der Waals surface area contributed by atoms with Crippen LogP contribution in [-0.2, 0) is 0 Å². The quantitative estimate of drug-likeness (QED) is 0.846. The highest BCUT2D eigenvalue weighted by atomic mass is 32.2. The molecule has 0 bridgehead atoms. The molecule has 0 aromatic heterocycles. The Morgan fingerprint density at radius 1 is 1.20 bits per heavy atom. The van der Waals surface area contributed by atoms with E-state index in [4.69, 9.17) is 0 Å². The normalized spacial score (nSPS) is 15.2. The summed E-state index contributed by atoms with van der Waals surface area (Å²) in [4.78, 5) is 16.2. The van der Waals surface area contributed by atoms with Crippen molar-refractivity contribution >= 4 is 23.5 Å². The fourth-order valence-electron chi connectivity index (χ4n) is 2.33. The van der Waals surface area contributed by atoms with Crippen LogP contribution in [0.2, 0.25) is 0 Å².